The molecule has 0 aromatic rings. The summed E-state index contributed by atoms with van der Waals surface area (Å²) in [4.78, 5) is 26.7. The number of Topliss-reactive ketones (excluding diaryl/α,β-unsaturated/α-hetero) is 1. The highest BCUT2D eigenvalue weighted by molar-refractivity contribution is 7.98. The van der Waals surface area contributed by atoms with Crippen molar-refractivity contribution in [2.75, 3.05) is 18.6 Å². The molecule has 12 nitrogen and oxygen atoms in total. The molecule has 5 aliphatic heterocycles. The molecule has 0 aromatic heterocycles. The number of aliphatic carboxylic acids is 1. The first-order chi connectivity index (χ1) is 28.7. The fourth-order valence-corrected chi connectivity index (χ4v) is 11.9. The van der Waals surface area contributed by atoms with E-state index in [1.54, 1.807) is 18.7 Å². The maximum Gasteiger partial charge on any atom is 0.309 e. The zero-order valence-corrected chi connectivity index (χ0v) is 40.6. The topological polar surface area (TPSA) is 165 Å². The lowest BCUT2D eigenvalue weighted by molar-refractivity contribution is -0.397. The van der Waals surface area contributed by atoms with E-state index in [1.807, 2.05) is 40.7 Å². The Labute approximate surface area is 376 Å². The summed E-state index contributed by atoms with van der Waals surface area (Å²) in [6.45, 7) is 20.7. The first-order valence-electron chi connectivity index (χ1n) is 23.5. The molecule has 0 aromatic carbocycles. The second-order valence-electron chi connectivity index (χ2n) is 19.7. The zero-order valence-electron chi connectivity index (χ0n) is 38.9. The van der Waals surface area contributed by atoms with Gasteiger partial charge in [0.2, 0.25) is 0 Å². The first-order valence-corrected chi connectivity index (χ1v) is 25.3. The number of carbonyl (C=O) groups excluding carboxylic acids is 1. The van der Waals surface area contributed by atoms with Crippen LogP contribution in [0, 0.1) is 41.4 Å². The summed E-state index contributed by atoms with van der Waals surface area (Å²) in [5.74, 6) is -4.48. The van der Waals surface area contributed by atoms with E-state index in [0.717, 1.165) is 31.6 Å². The van der Waals surface area contributed by atoms with Crippen molar-refractivity contribution >= 4 is 40.8 Å². The maximum atomic E-state index is 14.7. The number of aliphatic hydroxyl groups excluding tert-OH is 1. The number of carboxylic acid groups (broad SMARTS) is 1. The molecule has 0 aliphatic carbocycles. The summed E-state index contributed by atoms with van der Waals surface area (Å²) in [5, 5.41) is 40.4. The fourth-order valence-electron chi connectivity index (χ4n) is 11.3. The number of nitrogens with one attached hydrogen (secondary N) is 2. The molecule has 18 atom stereocenters. The van der Waals surface area contributed by atoms with Crippen molar-refractivity contribution in [3.05, 3.63) is 12.2 Å². The summed E-state index contributed by atoms with van der Waals surface area (Å²) in [7, 11) is 0. The third-order valence-corrected chi connectivity index (χ3v) is 16.5. The summed E-state index contributed by atoms with van der Waals surface area (Å²) >= 11 is 7.62. The van der Waals surface area contributed by atoms with Gasteiger partial charge in [0.05, 0.1) is 53.7 Å². The Bertz CT molecular complexity index is 1540. The van der Waals surface area contributed by atoms with Gasteiger partial charge in [-0.15, -0.1) is 0 Å². The summed E-state index contributed by atoms with van der Waals surface area (Å²) in [5.41, 5.74) is -1.60. The quantitative estimate of drug-likeness (QED) is 0.0557. The van der Waals surface area contributed by atoms with Crippen LogP contribution in [0.5, 0.6) is 0 Å². The smallest absolute Gasteiger partial charge is 0.309 e. The minimum atomic E-state index is -1.21. The minimum Gasteiger partial charge on any atom is -0.481 e. The van der Waals surface area contributed by atoms with E-state index >= 15 is 0 Å². The van der Waals surface area contributed by atoms with Gasteiger partial charge in [-0.3, -0.25) is 9.59 Å². The second-order valence-corrected chi connectivity index (χ2v) is 21.1. The summed E-state index contributed by atoms with van der Waals surface area (Å²) in [6.07, 6.45) is 10.5. The van der Waals surface area contributed by atoms with Gasteiger partial charge in [0.1, 0.15) is 11.8 Å². The van der Waals surface area contributed by atoms with Crippen LogP contribution in [0.3, 0.4) is 0 Å². The van der Waals surface area contributed by atoms with Gasteiger partial charge in [0.25, 0.3) is 0 Å². The number of rotatable bonds is 17. The van der Waals surface area contributed by atoms with Crippen LogP contribution in [0.4, 0.5) is 0 Å². The molecule has 5 rings (SSSR count). The van der Waals surface area contributed by atoms with E-state index in [2.05, 4.69) is 50.7 Å². The van der Waals surface area contributed by atoms with Crippen molar-refractivity contribution in [2.45, 2.75) is 205 Å². The molecular weight excluding hydrogens is 817 g/mol. The number of hydrogen-bond acceptors (Lipinski definition) is 11. The van der Waals surface area contributed by atoms with E-state index in [9.17, 15) is 24.9 Å². The molecule has 0 amide bonds. The number of ether oxygens (including phenoxy) is 5. The van der Waals surface area contributed by atoms with Crippen LogP contribution in [0.1, 0.15) is 140 Å². The predicted molar refractivity (Wildman–Crippen MR) is 243 cm³/mol. The van der Waals surface area contributed by atoms with Crippen molar-refractivity contribution in [1.82, 2.24) is 10.6 Å². The Morgan fingerprint density at radius 1 is 0.951 bits per heavy atom. The zero-order chi connectivity index (χ0) is 45.1. The fraction of sp³-hybridized carbons (Fsp3) is 0.894. The first kappa shape index (κ1) is 50.6. The van der Waals surface area contributed by atoms with Crippen molar-refractivity contribution in [1.29, 1.82) is 0 Å². The Morgan fingerprint density at radius 2 is 1.66 bits per heavy atom. The number of aliphatic hydroxyl groups is 2. The lowest BCUT2D eigenvalue weighted by Gasteiger charge is -2.55. The van der Waals surface area contributed by atoms with E-state index in [0.29, 0.717) is 56.5 Å². The van der Waals surface area contributed by atoms with Gasteiger partial charge in [0.15, 0.2) is 16.7 Å². The number of carbonyl (C=O) groups is 2. The van der Waals surface area contributed by atoms with Crippen LogP contribution in [0.2, 0.25) is 0 Å². The second kappa shape index (κ2) is 20.9. The van der Waals surface area contributed by atoms with E-state index in [1.165, 1.54) is 0 Å². The lowest BCUT2D eigenvalue weighted by atomic mass is 9.72. The van der Waals surface area contributed by atoms with Gasteiger partial charge < -0.3 is 49.6 Å². The van der Waals surface area contributed by atoms with E-state index < -0.39 is 76.8 Å². The molecule has 0 unspecified atom stereocenters. The molecule has 4 saturated heterocycles. The Hall–Kier alpha value is -1.36. The minimum absolute atomic E-state index is 0.0202. The number of carboxylic acids is 1. The molecule has 0 saturated carbocycles. The molecule has 14 heteroatoms. The molecule has 61 heavy (non-hydrogen) atoms. The average Bonchev–Trinajstić information content (AvgIpc) is 3.57. The van der Waals surface area contributed by atoms with Gasteiger partial charge in [-0.2, -0.15) is 11.8 Å². The number of hydrogen-bond donors (Lipinski definition) is 5. The van der Waals surface area contributed by atoms with Gasteiger partial charge in [0, 0.05) is 36.6 Å². The van der Waals surface area contributed by atoms with Crippen molar-refractivity contribution in [3.63, 3.8) is 0 Å². The largest absolute Gasteiger partial charge is 0.481 e. The summed E-state index contributed by atoms with van der Waals surface area (Å²) in [6, 6.07) is -0.449. The van der Waals surface area contributed by atoms with E-state index in [-0.39, 0.29) is 41.8 Å². The van der Waals surface area contributed by atoms with Crippen molar-refractivity contribution in [3.8, 4) is 0 Å². The number of ketones is 1. The highest BCUT2D eigenvalue weighted by Crippen LogP contribution is 2.54. The highest BCUT2D eigenvalue weighted by atomic mass is 32.2. The van der Waals surface area contributed by atoms with Crippen LogP contribution < -0.4 is 10.6 Å². The average molecular weight is 897 g/mol. The van der Waals surface area contributed by atoms with E-state index in [4.69, 9.17) is 35.9 Å². The normalized spacial score (nSPS) is 41.5. The van der Waals surface area contributed by atoms with Gasteiger partial charge in [-0.1, -0.05) is 61.5 Å². The number of thioether (sulfide) groups is 1. The predicted octanol–water partition coefficient (Wildman–Crippen LogP) is 7.41. The monoisotopic (exact) mass is 897 g/mol. The third kappa shape index (κ3) is 10.7. The SMILES string of the molecule is CC[C@@H](C(=O)[C@@H](C)[C@@H](O)[C@H](C)[C@@H]1O[C@@H]([C@@H](CC)C(=O)O)CC[C@@H]1C)[C@H]1O[C@]2(C=C[C@@H](NC(=S)NCCCSC)[C@]3(CC[C@@](C)([C@H]4CC[C@](O)(CC)[C@H](C)O4)O3)O2)[C@H](C)C[C@@H]1C. The Balaban J connectivity index is 1.38. The number of thiocarbonyl (C=S) groups is 1. The third-order valence-electron chi connectivity index (χ3n) is 15.6. The van der Waals surface area contributed by atoms with Crippen LogP contribution in [0.15, 0.2) is 12.2 Å². The van der Waals surface area contributed by atoms with Crippen LogP contribution in [-0.4, -0.2) is 116 Å². The molecular formula is C47H80N2O10S2. The van der Waals surface area contributed by atoms with Crippen molar-refractivity contribution in [2.24, 2.45) is 41.4 Å². The van der Waals surface area contributed by atoms with Crippen molar-refractivity contribution < 1.29 is 48.6 Å². The standard InChI is InChI=1S/C47H80N2O10S2/c1-12-33(42(52)53)35-17-16-27(4)40(56-35)31(8)38(50)30(7)39(51)34(13-2)41-28(5)26-29(6)46(57-41)21-18-36(49-43(60)48-24-15-25-61-11)47(59-46)23-22-44(10,58-47)37-19-20-45(54,14-3)32(9)55-37/h18,21,27-38,40-41,50,54H,12-17,19-20,22-26H2,1-11H3,(H,52,53)(H2,48,49,60)/t27-,28-,29+,30-,31-,32-,33+,34-,35+,36+,37+,38+,40+,41-,44-,45+,46-,47-/m0/s1. The van der Waals surface area contributed by atoms with Gasteiger partial charge in [-0.05, 0) is 120 Å². The van der Waals surface area contributed by atoms with Crippen LogP contribution in [0.25, 0.3) is 0 Å². The lowest BCUT2D eigenvalue weighted by Crippen LogP contribution is -2.66. The molecule has 0 radical (unpaired) electrons. The van der Waals surface area contributed by atoms with Gasteiger partial charge >= 0.3 is 5.97 Å². The van der Waals surface area contributed by atoms with Gasteiger partial charge in [-0.25, -0.2) is 0 Å². The van der Waals surface area contributed by atoms with Crippen LogP contribution in [-0.2, 0) is 33.3 Å². The van der Waals surface area contributed by atoms with Crippen LogP contribution >= 0.6 is 24.0 Å². The Kier molecular flexibility index (Phi) is 17.3. The highest BCUT2D eigenvalue weighted by Gasteiger charge is 2.63. The molecule has 0 bridgehead atoms. The maximum absolute atomic E-state index is 14.7. The Morgan fingerprint density at radius 3 is 2.28 bits per heavy atom. The molecule has 5 N–H and O–H groups in total. The molecule has 2 spiro atoms. The molecule has 5 aliphatic rings. The summed E-state index contributed by atoms with van der Waals surface area (Å²) < 4.78 is 34.8. The molecule has 350 valence electrons. The molecule has 4 fully saturated rings. The molecule has 5 heterocycles.